The summed E-state index contributed by atoms with van der Waals surface area (Å²) in [7, 11) is 0. The molecular weight excluding hydrogens is 410 g/mol. The van der Waals surface area contributed by atoms with E-state index in [2.05, 4.69) is 15.7 Å². The van der Waals surface area contributed by atoms with Crippen LogP contribution in [-0.2, 0) is 11.2 Å². The van der Waals surface area contributed by atoms with E-state index in [9.17, 15) is 19.7 Å². The number of anilines is 1. The number of carbonyl (C=O) groups is 2. The summed E-state index contributed by atoms with van der Waals surface area (Å²) in [6.07, 6.45) is 2.21. The van der Waals surface area contributed by atoms with Crippen LogP contribution in [0.3, 0.4) is 0 Å². The van der Waals surface area contributed by atoms with E-state index in [0.29, 0.717) is 41.0 Å². The quantitative estimate of drug-likeness (QED) is 0.370. The number of hydrogen-bond donors (Lipinski definition) is 2. The number of fused-ring (bicyclic) bond motifs is 1. The number of hydrogen-bond acceptors (Lipinski definition) is 5. The van der Waals surface area contributed by atoms with Crippen LogP contribution < -0.4 is 10.6 Å². The molecule has 0 unspecified atom stereocenters. The van der Waals surface area contributed by atoms with Crippen LogP contribution in [0.25, 0.3) is 16.8 Å². The summed E-state index contributed by atoms with van der Waals surface area (Å²) in [5.74, 6) is -0.994. The summed E-state index contributed by atoms with van der Waals surface area (Å²) in [6, 6.07) is 11.9. The van der Waals surface area contributed by atoms with Gasteiger partial charge in [0.2, 0.25) is 5.91 Å². The topological polar surface area (TPSA) is 119 Å². The summed E-state index contributed by atoms with van der Waals surface area (Å²) in [4.78, 5) is 34.6. The first-order chi connectivity index (χ1) is 14.5. The summed E-state index contributed by atoms with van der Waals surface area (Å²) >= 11 is 5.52. The van der Waals surface area contributed by atoms with Crippen LogP contribution in [0.2, 0.25) is 0 Å². The Balaban J connectivity index is 1.75. The number of nitro groups is 1. The molecule has 0 bridgehead atoms. The monoisotopic (exact) mass is 425 g/mol. The number of benzene rings is 2. The van der Waals surface area contributed by atoms with Crippen molar-refractivity contribution in [2.24, 2.45) is 0 Å². The predicted octanol–water partition coefficient (Wildman–Crippen LogP) is 2.91. The van der Waals surface area contributed by atoms with Crippen molar-refractivity contribution in [1.82, 2.24) is 15.1 Å². The second-order valence-electron chi connectivity index (χ2n) is 6.68. The van der Waals surface area contributed by atoms with Crippen LogP contribution in [0.4, 0.5) is 11.5 Å². The minimum Gasteiger partial charge on any atom is -0.358 e. The number of alkyl halides is 1. The van der Waals surface area contributed by atoms with Gasteiger partial charge in [0.1, 0.15) is 11.4 Å². The van der Waals surface area contributed by atoms with E-state index in [1.807, 2.05) is 0 Å². The number of rotatable bonds is 5. The maximum atomic E-state index is 12.0. The molecule has 1 aliphatic rings. The van der Waals surface area contributed by atoms with Gasteiger partial charge in [-0.25, -0.2) is 0 Å². The SMILES string of the molecule is O=C(CCl)Nc1cccc(-n2cc(-c3ccc4c(c3)CCNC4=O)c([N+](=O)[O-])n2)c1. The molecule has 4 rings (SSSR count). The molecule has 2 amide bonds. The average Bonchev–Trinajstić information content (AvgIpc) is 3.20. The Bertz CT molecular complexity index is 1170. The smallest absolute Gasteiger partial charge is 0.358 e. The first-order valence-electron chi connectivity index (χ1n) is 9.08. The highest BCUT2D eigenvalue weighted by Gasteiger charge is 2.25. The van der Waals surface area contributed by atoms with Crippen LogP contribution in [-0.4, -0.2) is 38.9 Å². The first kappa shape index (κ1) is 19.6. The Kier molecular flexibility index (Phi) is 5.20. The molecular formula is C20H16ClN5O4. The first-order valence-corrected chi connectivity index (χ1v) is 9.61. The van der Waals surface area contributed by atoms with Crippen molar-refractivity contribution in [3.8, 4) is 16.8 Å². The van der Waals surface area contributed by atoms with Crippen molar-refractivity contribution >= 4 is 34.9 Å². The molecule has 1 aromatic heterocycles. The minimum atomic E-state index is -0.545. The lowest BCUT2D eigenvalue weighted by molar-refractivity contribution is -0.389. The van der Waals surface area contributed by atoms with E-state index < -0.39 is 4.92 Å². The van der Waals surface area contributed by atoms with E-state index in [0.717, 1.165) is 5.56 Å². The van der Waals surface area contributed by atoms with Crippen molar-refractivity contribution < 1.29 is 14.5 Å². The summed E-state index contributed by atoms with van der Waals surface area (Å²) in [6.45, 7) is 0.525. The summed E-state index contributed by atoms with van der Waals surface area (Å²) < 4.78 is 1.38. The van der Waals surface area contributed by atoms with Crippen LogP contribution >= 0.6 is 11.6 Å². The van der Waals surface area contributed by atoms with E-state index >= 15 is 0 Å². The van der Waals surface area contributed by atoms with E-state index in [1.54, 1.807) is 48.7 Å². The molecule has 0 radical (unpaired) electrons. The Labute approximate surface area is 175 Å². The maximum absolute atomic E-state index is 12.0. The van der Waals surface area contributed by atoms with Crippen molar-refractivity contribution in [1.29, 1.82) is 0 Å². The zero-order valence-electron chi connectivity index (χ0n) is 15.6. The minimum absolute atomic E-state index is 0.149. The van der Waals surface area contributed by atoms with Gasteiger partial charge in [-0.1, -0.05) is 12.1 Å². The maximum Gasteiger partial charge on any atom is 0.398 e. The average molecular weight is 426 g/mol. The van der Waals surface area contributed by atoms with Gasteiger partial charge in [-0.15, -0.1) is 16.3 Å². The van der Waals surface area contributed by atoms with Gasteiger partial charge in [0.15, 0.2) is 0 Å². The Morgan fingerprint density at radius 2 is 2.10 bits per heavy atom. The fourth-order valence-corrected chi connectivity index (χ4v) is 3.42. The molecule has 0 fully saturated rings. The van der Waals surface area contributed by atoms with Gasteiger partial charge < -0.3 is 20.7 Å². The molecule has 0 atom stereocenters. The molecule has 30 heavy (non-hydrogen) atoms. The van der Waals surface area contributed by atoms with Crippen molar-refractivity contribution in [2.45, 2.75) is 6.42 Å². The predicted molar refractivity (Wildman–Crippen MR) is 111 cm³/mol. The highest BCUT2D eigenvalue weighted by Crippen LogP contribution is 2.32. The highest BCUT2D eigenvalue weighted by molar-refractivity contribution is 6.29. The number of nitrogens with one attached hydrogen (secondary N) is 2. The van der Waals surface area contributed by atoms with Gasteiger partial charge in [-0.2, -0.15) is 0 Å². The zero-order chi connectivity index (χ0) is 21.3. The van der Waals surface area contributed by atoms with Gasteiger partial charge in [0.25, 0.3) is 5.91 Å². The number of nitrogens with zero attached hydrogens (tertiary/aromatic N) is 3. The number of aromatic nitrogens is 2. The van der Waals surface area contributed by atoms with Gasteiger partial charge in [0.05, 0.1) is 17.0 Å². The fourth-order valence-electron chi connectivity index (χ4n) is 3.35. The van der Waals surface area contributed by atoms with Crippen LogP contribution in [0.15, 0.2) is 48.7 Å². The molecule has 2 aromatic carbocycles. The standard InChI is InChI=1S/C20H16ClN5O4/c21-10-18(27)23-14-2-1-3-15(9-14)25-11-17(19(24-25)26(29)30)12-4-5-16-13(8-12)6-7-22-20(16)28/h1-5,8-9,11H,6-7,10H2,(H,22,28)(H,23,27). The lowest BCUT2D eigenvalue weighted by Crippen LogP contribution is -2.31. The molecule has 2 heterocycles. The molecule has 2 N–H and O–H groups in total. The molecule has 0 spiro atoms. The van der Waals surface area contributed by atoms with Crippen molar-refractivity contribution in [3.05, 3.63) is 69.9 Å². The fraction of sp³-hybridized carbons (Fsp3) is 0.150. The van der Waals surface area contributed by atoms with Gasteiger partial charge in [-0.3, -0.25) is 9.59 Å². The van der Waals surface area contributed by atoms with E-state index in [1.165, 1.54) is 4.68 Å². The third kappa shape index (κ3) is 3.74. The lowest BCUT2D eigenvalue weighted by atomic mass is 9.96. The lowest BCUT2D eigenvalue weighted by Gasteiger charge is -2.16. The van der Waals surface area contributed by atoms with Gasteiger partial charge in [0, 0.05) is 17.8 Å². The Hall–Kier alpha value is -3.72. The molecule has 152 valence electrons. The van der Waals surface area contributed by atoms with Crippen LogP contribution in [0.5, 0.6) is 0 Å². The Morgan fingerprint density at radius 1 is 1.27 bits per heavy atom. The van der Waals surface area contributed by atoms with E-state index in [4.69, 9.17) is 11.6 Å². The van der Waals surface area contributed by atoms with Crippen molar-refractivity contribution in [2.75, 3.05) is 17.7 Å². The summed E-state index contributed by atoms with van der Waals surface area (Å²) in [5.41, 5.74) is 3.38. The van der Waals surface area contributed by atoms with Crippen LogP contribution in [0, 0.1) is 10.1 Å². The normalized spacial score (nSPS) is 12.8. The summed E-state index contributed by atoms with van der Waals surface area (Å²) in [5, 5.41) is 21.2. The van der Waals surface area contributed by atoms with Crippen molar-refractivity contribution in [3.63, 3.8) is 0 Å². The number of carbonyl (C=O) groups excluding carboxylic acids is 2. The second-order valence-corrected chi connectivity index (χ2v) is 6.95. The largest absolute Gasteiger partial charge is 0.398 e. The number of halogens is 1. The van der Waals surface area contributed by atoms with Gasteiger partial charge >= 0.3 is 5.82 Å². The molecule has 1 aliphatic heterocycles. The highest BCUT2D eigenvalue weighted by atomic mass is 35.5. The molecule has 3 aromatic rings. The third-order valence-corrected chi connectivity index (χ3v) is 4.97. The Morgan fingerprint density at radius 3 is 2.87 bits per heavy atom. The molecule has 10 heteroatoms. The van der Waals surface area contributed by atoms with Crippen LogP contribution in [0.1, 0.15) is 15.9 Å². The zero-order valence-corrected chi connectivity index (χ0v) is 16.3. The molecule has 0 aliphatic carbocycles. The number of amides is 2. The molecule has 0 saturated heterocycles. The van der Waals surface area contributed by atoms with E-state index in [-0.39, 0.29) is 23.5 Å². The van der Waals surface area contributed by atoms with Gasteiger partial charge in [-0.05, 0) is 52.8 Å². The second kappa shape index (κ2) is 7.96. The molecule has 0 saturated carbocycles. The third-order valence-electron chi connectivity index (χ3n) is 4.72. The molecule has 9 nitrogen and oxygen atoms in total.